The van der Waals surface area contributed by atoms with Crippen LogP contribution in [0.3, 0.4) is 0 Å². The van der Waals surface area contributed by atoms with Crippen LogP contribution in [0.5, 0.6) is 0 Å². The number of anilines is 2. The molecule has 4 nitrogen and oxygen atoms in total. The summed E-state index contributed by atoms with van der Waals surface area (Å²) in [6.45, 7) is 1.61. The van der Waals surface area contributed by atoms with Crippen molar-refractivity contribution in [2.75, 3.05) is 9.80 Å². The summed E-state index contributed by atoms with van der Waals surface area (Å²) in [4.78, 5) is 29.4. The number of carbonyl (C=O) groups excluding carboxylic acids is 2. The molecule has 0 unspecified atom stereocenters. The maximum Gasteiger partial charge on any atom is 0.416 e. The summed E-state index contributed by atoms with van der Waals surface area (Å²) < 4.78 is 39.5. The molecule has 2 amide bonds. The number of amides is 2. The topological polar surface area (TPSA) is 40.6 Å². The van der Waals surface area contributed by atoms with Crippen molar-refractivity contribution >= 4 is 46.4 Å². The van der Waals surface area contributed by atoms with E-state index in [1.54, 1.807) is 42.5 Å². The Bertz CT molecular complexity index is 1230. The van der Waals surface area contributed by atoms with Crippen LogP contribution in [0.2, 0.25) is 10.0 Å². The first-order chi connectivity index (χ1) is 15.6. The number of hydrogen-bond acceptors (Lipinski definition) is 2. The van der Waals surface area contributed by atoms with E-state index in [2.05, 4.69) is 0 Å². The second kappa shape index (κ2) is 8.72. The van der Waals surface area contributed by atoms with Gasteiger partial charge >= 0.3 is 6.18 Å². The second-order valence-corrected chi connectivity index (χ2v) is 8.36. The smallest absolute Gasteiger partial charge is 0.304 e. The minimum absolute atomic E-state index is 0.0737. The molecule has 1 heterocycles. The van der Waals surface area contributed by atoms with Gasteiger partial charge in [-0.05, 0) is 49.4 Å². The molecular formula is C24H17Cl2F3N2O2. The minimum Gasteiger partial charge on any atom is -0.304 e. The quantitative estimate of drug-likeness (QED) is 0.413. The van der Waals surface area contributed by atoms with Crippen molar-refractivity contribution in [3.8, 4) is 0 Å². The average Bonchev–Trinajstić information content (AvgIpc) is 2.78. The molecule has 33 heavy (non-hydrogen) atoms. The van der Waals surface area contributed by atoms with Gasteiger partial charge in [0.1, 0.15) is 6.04 Å². The molecule has 0 radical (unpaired) electrons. The molecule has 3 aromatic rings. The molecule has 4 rings (SSSR count). The van der Waals surface area contributed by atoms with Gasteiger partial charge in [0.2, 0.25) is 5.91 Å². The molecule has 0 aliphatic carbocycles. The second-order valence-electron chi connectivity index (χ2n) is 7.54. The van der Waals surface area contributed by atoms with Crippen molar-refractivity contribution in [2.45, 2.75) is 25.7 Å². The summed E-state index contributed by atoms with van der Waals surface area (Å²) in [5.74, 6) is -1.12. The lowest BCUT2D eigenvalue weighted by molar-refractivity contribution is -0.137. The van der Waals surface area contributed by atoms with Crippen LogP contribution < -0.4 is 9.80 Å². The molecule has 0 aromatic heterocycles. The van der Waals surface area contributed by atoms with E-state index in [-0.39, 0.29) is 12.1 Å². The zero-order chi connectivity index (χ0) is 23.9. The standard InChI is InChI=1S/C24H17Cl2F3N2O2/c1-14-22(32)30(13-17-18(25)8-5-9-19(17)26)20-10-2-3-11-21(20)31(14)23(33)15-6-4-7-16(12-15)24(27,28)29/h2-12,14H,13H2,1H3/t14-/m0/s1. The summed E-state index contributed by atoms with van der Waals surface area (Å²) in [6.07, 6.45) is -4.59. The van der Waals surface area contributed by atoms with Crippen molar-refractivity contribution in [3.05, 3.63) is 93.5 Å². The van der Waals surface area contributed by atoms with Crippen LogP contribution in [0.15, 0.2) is 66.7 Å². The van der Waals surface area contributed by atoms with E-state index < -0.39 is 29.6 Å². The summed E-state index contributed by atoms with van der Waals surface area (Å²) in [5.41, 5.74) is 0.274. The van der Waals surface area contributed by atoms with Gasteiger partial charge in [-0.1, -0.05) is 47.5 Å². The van der Waals surface area contributed by atoms with Crippen LogP contribution in [0.1, 0.15) is 28.4 Å². The molecule has 0 saturated heterocycles. The predicted molar refractivity (Wildman–Crippen MR) is 122 cm³/mol. The van der Waals surface area contributed by atoms with Gasteiger partial charge < -0.3 is 4.90 Å². The van der Waals surface area contributed by atoms with E-state index in [1.807, 2.05) is 0 Å². The van der Waals surface area contributed by atoms with Crippen molar-refractivity contribution < 1.29 is 22.8 Å². The Hall–Kier alpha value is -3.03. The highest BCUT2D eigenvalue weighted by Gasteiger charge is 2.40. The van der Waals surface area contributed by atoms with Gasteiger partial charge in [-0.25, -0.2) is 0 Å². The lowest BCUT2D eigenvalue weighted by atomic mass is 10.0. The third-order valence-electron chi connectivity index (χ3n) is 5.48. The summed E-state index contributed by atoms with van der Waals surface area (Å²) in [7, 11) is 0. The molecule has 170 valence electrons. The Morgan fingerprint density at radius 2 is 1.55 bits per heavy atom. The number of carbonyl (C=O) groups is 2. The number of benzene rings is 3. The number of hydrogen-bond donors (Lipinski definition) is 0. The van der Waals surface area contributed by atoms with E-state index in [0.717, 1.165) is 12.1 Å². The van der Waals surface area contributed by atoms with E-state index in [9.17, 15) is 22.8 Å². The zero-order valence-electron chi connectivity index (χ0n) is 17.2. The van der Waals surface area contributed by atoms with E-state index in [4.69, 9.17) is 23.2 Å². The van der Waals surface area contributed by atoms with Crippen molar-refractivity contribution in [3.63, 3.8) is 0 Å². The fraction of sp³-hybridized carbons (Fsp3) is 0.167. The number of rotatable bonds is 3. The van der Waals surface area contributed by atoms with E-state index in [0.29, 0.717) is 27.0 Å². The predicted octanol–water partition coefficient (Wildman–Crippen LogP) is 6.59. The van der Waals surface area contributed by atoms with Gasteiger partial charge in [0.15, 0.2) is 0 Å². The molecule has 1 aliphatic rings. The van der Waals surface area contributed by atoms with Gasteiger partial charge in [0.05, 0.1) is 23.5 Å². The summed E-state index contributed by atoms with van der Waals surface area (Å²) in [5, 5.41) is 0.783. The molecule has 0 N–H and O–H groups in total. The van der Waals surface area contributed by atoms with Crippen LogP contribution in [0, 0.1) is 0 Å². The molecule has 1 atom stereocenters. The monoisotopic (exact) mass is 492 g/mol. The van der Waals surface area contributed by atoms with Gasteiger partial charge in [-0.3, -0.25) is 14.5 Å². The normalized spacial score (nSPS) is 16.1. The number of alkyl halides is 3. The highest BCUT2D eigenvalue weighted by Crippen LogP contribution is 2.39. The van der Waals surface area contributed by atoms with Gasteiger partial charge in [-0.15, -0.1) is 0 Å². The fourth-order valence-electron chi connectivity index (χ4n) is 3.82. The molecule has 0 spiro atoms. The first-order valence-corrected chi connectivity index (χ1v) is 10.7. The molecule has 9 heteroatoms. The Labute approximate surface area is 198 Å². The first kappa shape index (κ1) is 23.1. The van der Waals surface area contributed by atoms with E-state index >= 15 is 0 Å². The van der Waals surface area contributed by atoms with Crippen molar-refractivity contribution in [1.82, 2.24) is 0 Å². The molecule has 0 fully saturated rings. The van der Waals surface area contributed by atoms with E-state index in [1.165, 1.54) is 28.9 Å². The maximum absolute atomic E-state index is 13.4. The SMILES string of the molecule is C[C@H]1C(=O)N(Cc2c(Cl)cccc2Cl)c2ccccc2N1C(=O)c1cccc(C(F)(F)F)c1. The molecule has 3 aromatic carbocycles. The number of nitrogens with zero attached hydrogens (tertiary/aromatic N) is 2. The summed E-state index contributed by atoms with van der Waals surface area (Å²) >= 11 is 12.6. The number of fused-ring (bicyclic) bond motifs is 1. The van der Waals surface area contributed by atoms with Gasteiger partial charge in [0.25, 0.3) is 5.91 Å². The van der Waals surface area contributed by atoms with Crippen LogP contribution in [-0.2, 0) is 17.5 Å². The van der Waals surface area contributed by atoms with Gasteiger partial charge in [0, 0.05) is 21.2 Å². The van der Waals surface area contributed by atoms with Crippen molar-refractivity contribution in [1.29, 1.82) is 0 Å². The van der Waals surface area contributed by atoms with Gasteiger partial charge in [-0.2, -0.15) is 13.2 Å². The number of halogens is 5. The Morgan fingerprint density at radius 1 is 0.939 bits per heavy atom. The summed E-state index contributed by atoms with van der Waals surface area (Å²) in [6, 6.07) is 14.9. The van der Waals surface area contributed by atoms with Crippen LogP contribution in [0.4, 0.5) is 24.5 Å². The van der Waals surface area contributed by atoms with Crippen molar-refractivity contribution in [2.24, 2.45) is 0 Å². The molecule has 0 saturated carbocycles. The maximum atomic E-state index is 13.4. The fourth-order valence-corrected chi connectivity index (χ4v) is 4.33. The van der Waals surface area contributed by atoms with Crippen LogP contribution in [0.25, 0.3) is 0 Å². The average molecular weight is 493 g/mol. The third-order valence-corrected chi connectivity index (χ3v) is 6.18. The highest BCUT2D eigenvalue weighted by atomic mass is 35.5. The minimum atomic E-state index is -4.59. The first-order valence-electron chi connectivity index (χ1n) is 9.93. The van der Waals surface area contributed by atoms with Crippen LogP contribution in [-0.4, -0.2) is 17.9 Å². The number of para-hydroxylation sites is 2. The zero-order valence-corrected chi connectivity index (χ0v) is 18.7. The lowest BCUT2D eigenvalue weighted by Gasteiger charge is -2.40. The van der Waals surface area contributed by atoms with Crippen LogP contribution >= 0.6 is 23.2 Å². The Morgan fingerprint density at radius 3 is 2.18 bits per heavy atom. The third kappa shape index (κ3) is 4.30. The Balaban J connectivity index is 1.76. The molecular weight excluding hydrogens is 476 g/mol. The Kier molecular flexibility index (Phi) is 6.12. The highest BCUT2D eigenvalue weighted by molar-refractivity contribution is 6.36. The largest absolute Gasteiger partial charge is 0.416 e. The molecule has 0 bridgehead atoms. The lowest BCUT2D eigenvalue weighted by Crippen LogP contribution is -2.54. The molecule has 1 aliphatic heterocycles.